The molecule has 0 aromatic rings. The fraction of sp³-hybridized carbons (Fsp3) is 1.00. The van der Waals surface area contributed by atoms with E-state index in [1.54, 1.807) is 0 Å². The molecular formula is C16H32O3. The quantitative estimate of drug-likeness (QED) is 0.731. The lowest BCUT2D eigenvalue weighted by atomic mass is 9.89. The lowest BCUT2D eigenvalue weighted by molar-refractivity contribution is -0.151. The molecule has 0 spiro atoms. The van der Waals surface area contributed by atoms with E-state index in [9.17, 15) is 0 Å². The van der Waals surface area contributed by atoms with Gasteiger partial charge < -0.3 is 14.6 Å². The number of aliphatic hydroxyl groups excluding tert-OH is 1. The van der Waals surface area contributed by atoms with Crippen LogP contribution in [0.3, 0.4) is 0 Å². The summed E-state index contributed by atoms with van der Waals surface area (Å²) in [4.78, 5) is 0. The highest BCUT2D eigenvalue weighted by Gasteiger charge is 2.43. The van der Waals surface area contributed by atoms with Gasteiger partial charge >= 0.3 is 0 Å². The van der Waals surface area contributed by atoms with Crippen LogP contribution in [0, 0.1) is 11.8 Å². The Bertz CT molecular complexity index is 252. The van der Waals surface area contributed by atoms with Gasteiger partial charge in [0.1, 0.15) is 0 Å². The van der Waals surface area contributed by atoms with Crippen molar-refractivity contribution in [1.82, 2.24) is 0 Å². The lowest BCUT2D eigenvalue weighted by Gasteiger charge is -2.25. The third-order valence-corrected chi connectivity index (χ3v) is 4.05. The Morgan fingerprint density at radius 3 is 2.42 bits per heavy atom. The Balaban J connectivity index is 2.59. The molecule has 3 heteroatoms. The van der Waals surface area contributed by atoms with Gasteiger partial charge in [-0.05, 0) is 44.9 Å². The fourth-order valence-corrected chi connectivity index (χ4v) is 2.95. The van der Waals surface area contributed by atoms with E-state index in [0.29, 0.717) is 11.8 Å². The summed E-state index contributed by atoms with van der Waals surface area (Å²) in [5.41, 5.74) is 0. The smallest absolute Gasteiger partial charge is 0.163 e. The van der Waals surface area contributed by atoms with Gasteiger partial charge in [-0.25, -0.2) is 0 Å². The van der Waals surface area contributed by atoms with Gasteiger partial charge in [-0.2, -0.15) is 0 Å². The first kappa shape index (κ1) is 16.9. The third-order valence-electron chi connectivity index (χ3n) is 4.05. The van der Waals surface area contributed by atoms with Crippen LogP contribution < -0.4 is 0 Å². The number of rotatable bonds is 8. The van der Waals surface area contributed by atoms with Crippen molar-refractivity contribution >= 4 is 0 Å². The average molecular weight is 272 g/mol. The van der Waals surface area contributed by atoms with Crippen LogP contribution in [0.2, 0.25) is 0 Å². The topological polar surface area (TPSA) is 38.7 Å². The predicted molar refractivity (Wildman–Crippen MR) is 78.0 cm³/mol. The minimum atomic E-state index is -0.464. The van der Waals surface area contributed by atoms with Crippen LogP contribution in [-0.2, 0) is 9.47 Å². The second-order valence-corrected chi connectivity index (χ2v) is 6.61. The highest BCUT2D eigenvalue weighted by atomic mass is 16.7. The fourth-order valence-electron chi connectivity index (χ4n) is 2.95. The van der Waals surface area contributed by atoms with E-state index in [1.807, 2.05) is 13.8 Å². The molecule has 0 aliphatic carbocycles. The van der Waals surface area contributed by atoms with Crippen molar-refractivity contribution in [2.75, 3.05) is 6.61 Å². The molecule has 1 rings (SSSR count). The number of aliphatic hydroxyl groups is 1. The molecule has 0 amide bonds. The zero-order valence-corrected chi connectivity index (χ0v) is 13.3. The largest absolute Gasteiger partial charge is 0.396 e. The van der Waals surface area contributed by atoms with Gasteiger partial charge in [0.05, 0.1) is 12.2 Å². The SMILES string of the molecule is CCCC[C@@H](C)[C@H]1OC(C)(C)O[C@H]1C[C@@H](C)CCO. The summed E-state index contributed by atoms with van der Waals surface area (Å²) in [5, 5.41) is 9.03. The van der Waals surface area contributed by atoms with Gasteiger partial charge in [-0.15, -0.1) is 0 Å². The summed E-state index contributed by atoms with van der Waals surface area (Å²) in [5.74, 6) is 0.552. The maximum absolute atomic E-state index is 9.03. The normalized spacial score (nSPS) is 29.4. The Labute approximate surface area is 118 Å². The highest BCUT2D eigenvalue weighted by Crippen LogP contribution is 2.36. The minimum absolute atomic E-state index is 0.170. The molecule has 1 aliphatic rings. The van der Waals surface area contributed by atoms with Gasteiger partial charge in [-0.3, -0.25) is 0 Å². The maximum atomic E-state index is 9.03. The molecule has 19 heavy (non-hydrogen) atoms. The Morgan fingerprint density at radius 1 is 1.16 bits per heavy atom. The summed E-state index contributed by atoms with van der Waals surface area (Å²) < 4.78 is 12.2. The first-order valence-electron chi connectivity index (χ1n) is 7.86. The summed E-state index contributed by atoms with van der Waals surface area (Å²) in [6, 6.07) is 0. The number of unbranched alkanes of at least 4 members (excludes halogenated alkanes) is 1. The van der Waals surface area contributed by atoms with E-state index in [-0.39, 0.29) is 18.8 Å². The maximum Gasteiger partial charge on any atom is 0.163 e. The van der Waals surface area contributed by atoms with Crippen LogP contribution in [0.15, 0.2) is 0 Å². The summed E-state index contributed by atoms with van der Waals surface area (Å²) in [7, 11) is 0. The molecule has 1 saturated heterocycles. The van der Waals surface area contributed by atoms with Crippen molar-refractivity contribution in [2.24, 2.45) is 11.8 Å². The minimum Gasteiger partial charge on any atom is -0.396 e. The molecule has 1 N–H and O–H groups in total. The van der Waals surface area contributed by atoms with Crippen LogP contribution in [-0.4, -0.2) is 29.7 Å². The zero-order valence-electron chi connectivity index (χ0n) is 13.3. The van der Waals surface area contributed by atoms with Crippen molar-refractivity contribution < 1.29 is 14.6 Å². The van der Waals surface area contributed by atoms with E-state index in [1.165, 1.54) is 19.3 Å². The molecule has 1 fully saturated rings. The Morgan fingerprint density at radius 2 is 1.84 bits per heavy atom. The molecular weight excluding hydrogens is 240 g/mol. The van der Waals surface area contributed by atoms with E-state index < -0.39 is 5.79 Å². The third kappa shape index (κ3) is 5.41. The van der Waals surface area contributed by atoms with E-state index in [0.717, 1.165) is 12.8 Å². The van der Waals surface area contributed by atoms with Gasteiger partial charge in [0.2, 0.25) is 0 Å². The number of hydrogen-bond donors (Lipinski definition) is 1. The Kier molecular flexibility index (Phi) is 6.78. The lowest BCUT2D eigenvalue weighted by Crippen LogP contribution is -2.31. The standard InChI is InChI=1S/C16H32O3/c1-6-7-8-13(3)15-14(11-12(2)9-10-17)18-16(4,5)19-15/h12-15,17H,6-11H2,1-5H3/t12-,13+,14-,15+/m0/s1. The average Bonchev–Trinajstić information content (AvgIpc) is 2.61. The van der Waals surface area contributed by atoms with Gasteiger partial charge in [0.25, 0.3) is 0 Å². The molecule has 0 saturated carbocycles. The first-order chi connectivity index (χ1) is 8.89. The van der Waals surface area contributed by atoms with Crippen molar-refractivity contribution in [3.8, 4) is 0 Å². The van der Waals surface area contributed by atoms with Crippen LogP contribution in [0.5, 0.6) is 0 Å². The molecule has 0 aromatic carbocycles. The van der Waals surface area contributed by atoms with Crippen molar-refractivity contribution in [3.63, 3.8) is 0 Å². The molecule has 0 unspecified atom stereocenters. The second-order valence-electron chi connectivity index (χ2n) is 6.61. The molecule has 0 aromatic heterocycles. The van der Waals surface area contributed by atoms with Crippen LogP contribution in [0.4, 0.5) is 0 Å². The summed E-state index contributed by atoms with van der Waals surface area (Å²) in [6.07, 6.45) is 5.87. The molecule has 0 radical (unpaired) electrons. The number of hydrogen-bond acceptors (Lipinski definition) is 3. The van der Waals surface area contributed by atoms with Crippen LogP contribution in [0.25, 0.3) is 0 Å². The van der Waals surface area contributed by atoms with E-state index >= 15 is 0 Å². The number of ether oxygens (including phenoxy) is 2. The summed E-state index contributed by atoms with van der Waals surface area (Å²) >= 11 is 0. The van der Waals surface area contributed by atoms with Crippen LogP contribution in [0.1, 0.15) is 66.7 Å². The van der Waals surface area contributed by atoms with Crippen LogP contribution >= 0.6 is 0 Å². The molecule has 4 atom stereocenters. The van der Waals surface area contributed by atoms with E-state index in [2.05, 4.69) is 20.8 Å². The summed E-state index contributed by atoms with van der Waals surface area (Å²) in [6.45, 7) is 10.9. The van der Waals surface area contributed by atoms with Gasteiger partial charge in [-0.1, -0.05) is 33.6 Å². The molecule has 0 bridgehead atoms. The molecule has 3 nitrogen and oxygen atoms in total. The molecule has 1 heterocycles. The highest BCUT2D eigenvalue weighted by molar-refractivity contribution is 4.86. The first-order valence-corrected chi connectivity index (χ1v) is 7.86. The van der Waals surface area contributed by atoms with E-state index in [4.69, 9.17) is 14.6 Å². The second kappa shape index (κ2) is 7.61. The van der Waals surface area contributed by atoms with Gasteiger partial charge in [0.15, 0.2) is 5.79 Å². The van der Waals surface area contributed by atoms with Crippen molar-refractivity contribution in [2.45, 2.75) is 84.7 Å². The Hall–Kier alpha value is -0.120. The van der Waals surface area contributed by atoms with Gasteiger partial charge in [0, 0.05) is 6.61 Å². The molecule has 114 valence electrons. The zero-order chi connectivity index (χ0) is 14.5. The monoisotopic (exact) mass is 272 g/mol. The predicted octanol–water partition coefficient (Wildman–Crippen LogP) is 3.74. The van der Waals surface area contributed by atoms with Crippen molar-refractivity contribution in [1.29, 1.82) is 0 Å². The van der Waals surface area contributed by atoms with Crippen molar-refractivity contribution in [3.05, 3.63) is 0 Å². The molecule has 1 aliphatic heterocycles.